The number of aldehydes is 1. The number of phenolic OH excluding ortho intramolecular Hbond substituents is 1. The zero-order chi connectivity index (χ0) is 22.9. The van der Waals surface area contributed by atoms with E-state index in [1.807, 2.05) is 49.5 Å². The molecule has 4 rings (SSSR count). The highest BCUT2D eigenvalue weighted by Gasteiger charge is 2.12. The van der Waals surface area contributed by atoms with Crippen molar-refractivity contribution in [1.29, 1.82) is 0 Å². The number of carbonyl (C=O) groups excluding carboxylic acids is 2. The fourth-order valence-corrected chi connectivity index (χ4v) is 3.62. The van der Waals surface area contributed by atoms with Gasteiger partial charge >= 0.3 is 0 Å². The molecule has 0 radical (unpaired) electrons. The number of rotatable bonds is 5. The van der Waals surface area contributed by atoms with Gasteiger partial charge in [-0.1, -0.05) is 36.4 Å². The van der Waals surface area contributed by atoms with Gasteiger partial charge < -0.3 is 20.6 Å². The van der Waals surface area contributed by atoms with E-state index in [0.717, 1.165) is 54.2 Å². The van der Waals surface area contributed by atoms with Gasteiger partial charge in [0.2, 0.25) is 0 Å². The molecular weight excluding hydrogens is 402 g/mol. The average molecular weight is 432 g/mol. The predicted octanol–water partition coefficient (Wildman–Crippen LogP) is 4.21. The third-order valence-corrected chi connectivity index (χ3v) is 5.40. The lowest BCUT2D eigenvalue weighted by Gasteiger charge is -2.29. The molecule has 3 aromatic carbocycles. The van der Waals surface area contributed by atoms with Crippen LogP contribution >= 0.6 is 0 Å². The molecule has 0 unspecified atom stereocenters. The molecular formula is C26H29N3O3. The molecule has 1 aliphatic rings. The average Bonchev–Trinajstić information content (AvgIpc) is 2.85. The van der Waals surface area contributed by atoms with E-state index in [0.29, 0.717) is 11.8 Å². The summed E-state index contributed by atoms with van der Waals surface area (Å²) in [5, 5.41) is 15.7. The lowest BCUT2D eigenvalue weighted by molar-refractivity contribution is 0.101. The van der Waals surface area contributed by atoms with E-state index in [1.165, 1.54) is 0 Å². The number of Topliss-reactive ketones (excluding diaryl/α,β-unsaturated/α-hetero) is 1. The summed E-state index contributed by atoms with van der Waals surface area (Å²) < 4.78 is 0. The first-order valence-electron chi connectivity index (χ1n) is 10.7. The van der Waals surface area contributed by atoms with Crippen molar-refractivity contribution in [2.45, 2.75) is 6.92 Å². The van der Waals surface area contributed by atoms with Gasteiger partial charge in [-0.25, -0.2) is 0 Å². The number of carbonyl (C=O) groups is 2. The normalized spacial score (nSPS) is 13.0. The van der Waals surface area contributed by atoms with E-state index in [9.17, 15) is 14.7 Å². The van der Waals surface area contributed by atoms with Crippen molar-refractivity contribution in [1.82, 2.24) is 5.32 Å². The van der Waals surface area contributed by atoms with Gasteiger partial charge in [-0.2, -0.15) is 0 Å². The fourth-order valence-electron chi connectivity index (χ4n) is 3.62. The molecule has 166 valence electrons. The Bertz CT molecular complexity index is 1060. The lowest BCUT2D eigenvalue weighted by Crippen LogP contribution is -2.43. The Kier molecular flexibility index (Phi) is 8.00. The molecule has 0 aromatic heterocycles. The number of aromatic hydroxyl groups is 1. The van der Waals surface area contributed by atoms with E-state index < -0.39 is 0 Å². The molecule has 3 aromatic rings. The van der Waals surface area contributed by atoms with Crippen LogP contribution in [0.2, 0.25) is 0 Å². The molecule has 6 heteroatoms. The topological polar surface area (TPSA) is 81.7 Å². The number of nitrogens with zero attached hydrogens (tertiary/aromatic N) is 1. The summed E-state index contributed by atoms with van der Waals surface area (Å²) in [6.45, 7) is 5.36. The Morgan fingerprint density at radius 2 is 1.72 bits per heavy atom. The second-order valence-electron chi connectivity index (χ2n) is 7.53. The summed E-state index contributed by atoms with van der Waals surface area (Å²) in [6.07, 6.45) is 0.682. The highest BCUT2D eigenvalue weighted by atomic mass is 16.3. The Morgan fingerprint density at radius 3 is 2.34 bits per heavy atom. The van der Waals surface area contributed by atoms with E-state index >= 15 is 0 Å². The molecule has 0 spiro atoms. The summed E-state index contributed by atoms with van der Waals surface area (Å²) >= 11 is 0. The molecule has 0 aliphatic carbocycles. The highest BCUT2D eigenvalue weighted by molar-refractivity contribution is 6.00. The zero-order valence-electron chi connectivity index (χ0n) is 18.5. The molecule has 3 N–H and O–H groups in total. The quantitative estimate of drug-likeness (QED) is 0.415. The largest absolute Gasteiger partial charge is 0.507 e. The third-order valence-electron chi connectivity index (χ3n) is 5.40. The summed E-state index contributed by atoms with van der Waals surface area (Å²) in [5.74, 6) is 0.123. The van der Waals surface area contributed by atoms with Gasteiger partial charge in [-0.3, -0.25) is 9.59 Å². The van der Waals surface area contributed by atoms with Crippen LogP contribution in [0.1, 0.15) is 27.6 Å². The first-order valence-corrected chi connectivity index (χ1v) is 10.7. The van der Waals surface area contributed by atoms with Crippen LogP contribution in [-0.2, 0) is 0 Å². The summed E-state index contributed by atoms with van der Waals surface area (Å²) in [6, 6.07) is 21.1. The first-order chi connectivity index (χ1) is 15.5. The van der Waals surface area contributed by atoms with Crippen LogP contribution < -0.4 is 15.5 Å². The summed E-state index contributed by atoms with van der Waals surface area (Å²) in [5.41, 5.74) is 5.22. The standard InChI is InChI=1S/C15H15NO.C11H14N2O2/c1-11(17)14-9-8-13(10-15(14)16-2)12-6-4-3-5-7-12;14-8-9-7-10(1-2-11(9)15)13-5-3-12-4-6-13/h3-10,16H,1-2H3;1-2,7-8,12,15H,3-6H2. The maximum absolute atomic E-state index is 11.4. The molecule has 6 nitrogen and oxygen atoms in total. The zero-order valence-corrected chi connectivity index (χ0v) is 18.5. The number of nitrogens with one attached hydrogen (secondary N) is 2. The summed E-state index contributed by atoms with van der Waals surface area (Å²) in [7, 11) is 1.83. The van der Waals surface area contributed by atoms with Crippen molar-refractivity contribution in [2.24, 2.45) is 0 Å². The number of hydrogen-bond acceptors (Lipinski definition) is 6. The van der Waals surface area contributed by atoms with Crippen molar-refractivity contribution in [2.75, 3.05) is 43.4 Å². The molecule has 32 heavy (non-hydrogen) atoms. The monoisotopic (exact) mass is 431 g/mol. The van der Waals surface area contributed by atoms with Gasteiger partial charge in [-0.05, 0) is 48.4 Å². The second-order valence-corrected chi connectivity index (χ2v) is 7.53. The summed E-state index contributed by atoms with van der Waals surface area (Å²) in [4.78, 5) is 24.3. The van der Waals surface area contributed by atoms with E-state index in [2.05, 4.69) is 27.7 Å². The molecule has 0 atom stereocenters. The van der Waals surface area contributed by atoms with Gasteiger partial charge in [0, 0.05) is 50.2 Å². The van der Waals surface area contributed by atoms with Gasteiger partial charge in [0.25, 0.3) is 0 Å². The van der Waals surface area contributed by atoms with Gasteiger partial charge in [-0.15, -0.1) is 0 Å². The maximum atomic E-state index is 11.4. The smallest absolute Gasteiger partial charge is 0.161 e. The Labute approximate surface area is 188 Å². The number of ketones is 1. The van der Waals surface area contributed by atoms with Crippen LogP contribution in [0.4, 0.5) is 11.4 Å². The first kappa shape index (κ1) is 23.0. The van der Waals surface area contributed by atoms with Crippen LogP contribution in [0.5, 0.6) is 5.75 Å². The number of hydrogen-bond donors (Lipinski definition) is 3. The molecule has 1 aliphatic heterocycles. The van der Waals surface area contributed by atoms with E-state index in [1.54, 1.807) is 19.1 Å². The Morgan fingerprint density at radius 1 is 1.00 bits per heavy atom. The molecule has 0 saturated carbocycles. The molecule has 1 fully saturated rings. The molecule has 0 bridgehead atoms. The van der Waals surface area contributed by atoms with Crippen molar-refractivity contribution in [3.05, 3.63) is 77.9 Å². The molecule has 1 saturated heterocycles. The number of anilines is 2. The minimum absolute atomic E-state index is 0.0453. The van der Waals surface area contributed by atoms with Gasteiger partial charge in [0.15, 0.2) is 12.1 Å². The number of piperazine rings is 1. The van der Waals surface area contributed by atoms with E-state index in [-0.39, 0.29) is 11.5 Å². The van der Waals surface area contributed by atoms with Gasteiger partial charge in [0.05, 0.1) is 5.56 Å². The van der Waals surface area contributed by atoms with Crippen molar-refractivity contribution in [3.63, 3.8) is 0 Å². The minimum Gasteiger partial charge on any atom is -0.507 e. The third kappa shape index (κ3) is 5.74. The van der Waals surface area contributed by atoms with Crippen molar-refractivity contribution >= 4 is 23.4 Å². The van der Waals surface area contributed by atoms with Crippen LogP contribution in [0.25, 0.3) is 11.1 Å². The highest BCUT2D eigenvalue weighted by Crippen LogP contribution is 2.26. The Hall–Kier alpha value is -3.64. The van der Waals surface area contributed by atoms with Crippen LogP contribution in [-0.4, -0.2) is 50.4 Å². The molecule has 1 heterocycles. The van der Waals surface area contributed by atoms with Crippen LogP contribution in [0.3, 0.4) is 0 Å². The molecule has 0 amide bonds. The van der Waals surface area contributed by atoms with Crippen molar-refractivity contribution < 1.29 is 14.7 Å². The number of benzene rings is 3. The van der Waals surface area contributed by atoms with Crippen LogP contribution in [0.15, 0.2) is 66.7 Å². The minimum atomic E-state index is 0.0453. The number of phenols is 1. The van der Waals surface area contributed by atoms with Crippen LogP contribution in [0, 0.1) is 0 Å². The van der Waals surface area contributed by atoms with E-state index in [4.69, 9.17) is 0 Å². The SMILES string of the molecule is CNc1cc(-c2ccccc2)ccc1C(C)=O.O=Cc1cc(N2CCNCC2)ccc1O. The maximum Gasteiger partial charge on any atom is 0.161 e. The fraction of sp³-hybridized carbons (Fsp3) is 0.231. The Balaban J connectivity index is 0.000000182. The second kappa shape index (κ2) is 11.1. The lowest BCUT2D eigenvalue weighted by atomic mass is 10.0. The van der Waals surface area contributed by atoms with Crippen molar-refractivity contribution in [3.8, 4) is 16.9 Å². The van der Waals surface area contributed by atoms with Gasteiger partial charge in [0.1, 0.15) is 5.75 Å². The predicted molar refractivity (Wildman–Crippen MR) is 130 cm³/mol.